The number of rotatable bonds is 3. The van der Waals surface area contributed by atoms with Crippen LogP contribution in [0.25, 0.3) is 0 Å². The second-order valence-electron chi connectivity index (χ2n) is 4.30. The number of anilines is 1. The summed E-state index contributed by atoms with van der Waals surface area (Å²) in [6.07, 6.45) is 0. The van der Waals surface area contributed by atoms with Crippen molar-refractivity contribution in [1.29, 1.82) is 0 Å². The SMILES string of the molecule is COC(=O)c1ccc(Cl)c(NC(=O)c2cccc(C)n2)c1. The lowest BCUT2D eigenvalue weighted by Crippen LogP contribution is -2.15. The molecule has 2 rings (SSSR count). The first-order valence-corrected chi connectivity index (χ1v) is 6.52. The first kappa shape index (κ1) is 15.0. The monoisotopic (exact) mass is 304 g/mol. The summed E-state index contributed by atoms with van der Waals surface area (Å²) in [6, 6.07) is 9.63. The van der Waals surface area contributed by atoms with Crippen LogP contribution in [0.1, 0.15) is 26.5 Å². The van der Waals surface area contributed by atoms with Gasteiger partial charge in [-0.25, -0.2) is 9.78 Å². The van der Waals surface area contributed by atoms with Crippen LogP contribution >= 0.6 is 11.6 Å². The molecular formula is C15H13ClN2O3. The summed E-state index contributed by atoms with van der Waals surface area (Å²) < 4.78 is 4.63. The lowest BCUT2D eigenvalue weighted by molar-refractivity contribution is 0.0600. The molecule has 0 unspecified atom stereocenters. The Bertz CT molecular complexity index is 701. The third kappa shape index (κ3) is 3.58. The van der Waals surface area contributed by atoms with Crippen LogP contribution in [0.2, 0.25) is 5.02 Å². The fraction of sp³-hybridized carbons (Fsp3) is 0.133. The summed E-state index contributed by atoms with van der Waals surface area (Å²) in [5, 5.41) is 2.95. The van der Waals surface area contributed by atoms with Gasteiger partial charge in [0.05, 0.1) is 23.4 Å². The number of benzene rings is 1. The number of aromatic nitrogens is 1. The van der Waals surface area contributed by atoms with Crippen molar-refractivity contribution in [2.24, 2.45) is 0 Å². The maximum Gasteiger partial charge on any atom is 0.337 e. The maximum absolute atomic E-state index is 12.1. The molecule has 0 saturated heterocycles. The number of hydrogen-bond donors (Lipinski definition) is 1. The van der Waals surface area contributed by atoms with Gasteiger partial charge in [0.2, 0.25) is 0 Å². The van der Waals surface area contributed by atoms with Gasteiger partial charge >= 0.3 is 5.97 Å². The van der Waals surface area contributed by atoms with Gasteiger partial charge in [0, 0.05) is 5.69 Å². The molecule has 1 heterocycles. The van der Waals surface area contributed by atoms with E-state index in [9.17, 15) is 9.59 Å². The maximum atomic E-state index is 12.1. The highest BCUT2D eigenvalue weighted by molar-refractivity contribution is 6.34. The quantitative estimate of drug-likeness (QED) is 0.885. The number of pyridine rings is 1. The summed E-state index contributed by atoms with van der Waals surface area (Å²) in [5.41, 5.74) is 1.63. The molecule has 1 aromatic carbocycles. The predicted octanol–water partition coefficient (Wildman–Crippen LogP) is 3.08. The average molecular weight is 305 g/mol. The van der Waals surface area contributed by atoms with Crippen LogP contribution in [0.15, 0.2) is 36.4 Å². The van der Waals surface area contributed by atoms with Crippen LogP contribution in [0.3, 0.4) is 0 Å². The van der Waals surface area contributed by atoms with Crippen molar-refractivity contribution in [2.75, 3.05) is 12.4 Å². The smallest absolute Gasteiger partial charge is 0.337 e. The topological polar surface area (TPSA) is 68.3 Å². The van der Waals surface area contributed by atoms with Crippen molar-refractivity contribution in [3.8, 4) is 0 Å². The zero-order valence-corrected chi connectivity index (χ0v) is 12.3. The van der Waals surface area contributed by atoms with Gasteiger partial charge in [-0.1, -0.05) is 17.7 Å². The van der Waals surface area contributed by atoms with Gasteiger partial charge in [-0.05, 0) is 37.3 Å². The lowest BCUT2D eigenvalue weighted by Gasteiger charge is -2.09. The van der Waals surface area contributed by atoms with Crippen LogP contribution in [-0.2, 0) is 4.74 Å². The van der Waals surface area contributed by atoms with E-state index >= 15 is 0 Å². The minimum Gasteiger partial charge on any atom is -0.465 e. The summed E-state index contributed by atoms with van der Waals surface area (Å²) in [5.74, 6) is -0.904. The third-order valence-electron chi connectivity index (χ3n) is 2.76. The summed E-state index contributed by atoms with van der Waals surface area (Å²) in [4.78, 5) is 27.7. The molecule has 1 aromatic heterocycles. The molecule has 0 bridgehead atoms. The number of halogens is 1. The average Bonchev–Trinajstić information content (AvgIpc) is 2.48. The van der Waals surface area contributed by atoms with E-state index in [-0.39, 0.29) is 5.69 Å². The normalized spacial score (nSPS) is 10.0. The van der Waals surface area contributed by atoms with Gasteiger partial charge in [0.25, 0.3) is 5.91 Å². The highest BCUT2D eigenvalue weighted by Crippen LogP contribution is 2.24. The van der Waals surface area contributed by atoms with Crippen LogP contribution in [-0.4, -0.2) is 24.0 Å². The number of nitrogens with zero attached hydrogens (tertiary/aromatic N) is 1. The van der Waals surface area contributed by atoms with Crippen LogP contribution in [0.5, 0.6) is 0 Å². The number of methoxy groups -OCH3 is 1. The van der Waals surface area contributed by atoms with E-state index in [4.69, 9.17) is 11.6 Å². The lowest BCUT2D eigenvalue weighted by atomic mass is 10.2. The number of aryl methyl sites for hydroxylation is 1. The Hall–Kier alpha value is -2.40. The minimum atomic E-state index is -0.504. The Labute approximate surface area is 126 Å². The first-order valence-electron chi connectivity index (χ1n) is 6.14. The predicted molar refractivity (Wildman–Crippen MR) is 79.7 cm³/mol. The molecule has 0 atom stereocenters. The van der Waals surface area contributed by atoms with Crippen molar-refractivity contribution in [2.45, 2.75) is 6.92 Å². The number of carbonyl (C=O) groups is 2. The zero-order valence-electron chi connectivity index (χ0n) is 11.5. The molecule has 0 saturated carbocycles. The minimum absolute atomic E-state index is 0.273. The Kier molecular flexibility index (Phi) is 4.55. The second kappa shape index (κ2) is 6.37. The molecule has 6 heteroatoms. The number of esters is 1. The van der Waals surface area contributed by atoms with Gasteiger partial charge in [0.15, 0.2) is 0 Å². The third-order valence-corrected chi connectivity index (χ3v) is 3.09. The van der Waals surface area contributed by atoms with Crippen LogP contribution in [0.4, 0.5) is 5.69 Å². The molecule has 21 heavy (non-hydrogen) atoms. The molecule has 0 aliphatic carbocycles. The van der Waals surface area contributed by atoms with Crippen molar-refractivity contribution in [1.82, 2.24) is 4.98 Å². The number of nitrogens with one attached hydrogen (secondary N) is 1. The van der Waals surface area contributed by atoms with Gasteiger partial charge in [-0.15, -0.1) is 0 Å². The van der Waals surface area contributed by atoms with Crippen molar-refractivity contribution in [3.63, 3.8) is 0 Å². The van der Waals surface area contributed by atoms with Crippen molar-refractivity contribution in [3.05, 3.63) is 58.4 Å². The highest BCUT2D eigenvalue weighted by Gasteiger charge is 2.13. The fourth-order valence-electron chi connectivity index (χ4n) is 1.72. The number of carbonyl (C=O) groups excluding carboxylic acids is 2. The van der Waals surface area contributed by atoms with Crippen molar-refractivity contribution >= 4 is 29.2 Å². The molecule has 0 spiro atoms. The number of amides is 1. The molecule has 1 N–H and O–H groups in total. The molecule has 0 fully saturated rings. The molecule has 2 aromatic rings. The van der Waals surface area contributed by atoms with E-state index in [2.05, 4.69) is 15.0 Å². The summed E-state index contributed by atoms with van der Waals surface area (Å²) in [7, 11) is 1.28. The Balaban J connectivity index is 2.26. The zero-order chi connectivity index (χ0) is 15.4. The van der Waals surface area contributed by atoms with E-state index in [1.165, 1.54) is 25.3 Å². The Morgan fingerprint density at radius 2 is 2.00 bits per heavy atom. The molecule has 0 radical (unpaired) electrons. The van der Waals surface area contributed by atoms with Gasteiger partial charge in [-0.3, -0.25) is 4.79 Å². The number of ether oxygens (including phenoxy) is 1. The standard InChI is InChI=1S/C15H13ClN2O3/c1-9-4-3-5-12(17-9)14(19)18-13-8-10(15(20)21-2)6-7-11(13)16/h3-8H,1-2H3,(H,18,19). The summed E-state index contributed by atoms with van der Waals surface area (Å²) in [6.45, 7) is 1.79. The largest absolute Gasteiger partial charge is 0.465 e. The van der Waals surface area contributed by atoms with E-state index in [1.54, 1.807) is 25.1 Å². The van der Waals surface area contributed by atoms with Crippen LogP contribution in [0, 0.1) is 6.92 Å². The fourth-order valence-corrected chi connectivity index (χ4v) is 1.89. The highest BCUT2D eigenvalue weighted by atomic mass is 35.5. The molecule has 0 aliphatic rings. The van der Waals surface area contributed by atoms with Gasteiger partial charge < -0.3 is 10.1 Å². The van der Waals surface area contributed by atoms with Gasteiger partial charge in [0.1, 0.15) is 5.69 Å². The van der Waals surface area contributed by atoms with Crippen molar-refractivity contribution < 1.29 is 14.3 Å². The summed E-state index contributed by atoms with van der Waals surface area (Å²) >= 11 is 6.02. The van der Waals surface area contributed by atoms with E-state index < -0.39 is 11.9 Å². The van der Waals surface area contributed by atoms with Gasteiger partial charge in [-0.2, -0.15) is 0 Å². The Morgan fingerprint density at radius 1 is 1.24 bits per heavy atom. The molecule has 108 valence electrons. The molecule has 1 amide bonds. The molecular weight excluding hydrogens is 292 g/mol. The first-order chi connectivity index (χ1) is 10.0. The Morgan fingerprint density at radius 3 is 2.67 bits per heavy atom. The van der Waals surface area contributed by atoms with Crippen LogP contribution < -0.4 is 5.32 Å². The second-order valence-corrected chi connectivity index (χ2v) is 4.71. The molecule has 5 nitrogen and oxygen atoms in total. The van der Waals surface area contributed by atoms with E-state index in [1.807, 2.05) is 0 Å². The number of hydrogen-bond acceptors (Lipinski definition) is 4. The molecule has 0 aliphatic heterocycles. The van der Waals surface area contributed by atoms with E-state index in [0.29, 0.717) is 16.3 Å². The van der Waals surface area contributed by atoms with E-state index in [0.717, 1.165) is 5.69 Å².